The molecule has 0 saturated carbocycles. The van der Waals surface area contributed by atoms with E-state index in [9.17, 15) is 0 Å². The van der Waals surface area contributed by atoms with Gasteiger partial charge in [-0.3, -0.25) is 4.98 Å². The smallest absolute Gasteiger partial charge is 0.119 e. The average Bonchev–Trinajstić information content (AvgIpc) is 2.51. The van der Waals surface area contributed by atoms with Crippen molar-refractivity contribution in [3.8, 4) is 5.75 Å². The van der Waals surface area contributed by atoms with Crippen LogP contribution in [0, 0.1) is 5.92 Å². The summed E-state index contributed by atoms with van der Waals surface area (Å²) in [5.74, 6) is 2.26. The Kier molecular flexibility index (Phi) is 3.72. The fourth-order valence-corrected chi connectivity index (χ4v) is 3.30. The maximum Gasteiger partial charge on any atom is 0.119 e. The third-order valence-electron chi connectivity index (χ3n) is 4.58. The summed E-state index contributed by atoms with van der Waals surface area (Å²) in [6.07, 6.45) is 7.36. The summed E-state index contributed by atoms with van der Waals surface area (Å²) in [7, 11) is 1.74. The van der Waals surface area contributed by atoms with Crippen LogP contribution < -0.4 is 4.74 Å². The maximum atomic E-state index is 5.37. The van der Waals surface area contributed by atoms with Gasteiger partial charge in [0.05, 0.1) is 7.11 Å². The lowest BCUT2D eigenvalue weighted by atomic mass is 9.73. The normalized spacial score (nSPS) is 21.3. The first-order valence-corrected chi connectivity index (χ1v) is 7.33. The molecule has 0 unspecified atom stereocenters. The maximum absolute atomic E-state index is 5.37. The van der Waals surface area contributed by atoms with Gasteiger partial charge in [0.25, 0.3) is 0 Å². The van der Waals surface area contributed by atoms with Crippen LogP contribution in [0.5, 0.6) is 5.75 Å². The molecule has 0 aliphatic heterocycles. The van der Waals surface area contributed by atoms with Crippen molar-refractivity contribution in [2.45, 2.75) is 32.1 Å². The predicted molar refractivity (Wildman–Crippen MR) is 81.2 cm³/mol. The molecule has 0 N–H and O–H groups in total. The fraction of sp³-hybridized carbons (Fsp3) is 0.389. The number of aromatic nitrogens is 1. The van der Waals surface area contributed by atoms with Crippen molar-refractivity contribution in [2.75, 3.05) is 7.11 Å². The summed E-state index contributed by atoms with van der Waals surface area (Å²) in [5, 5.41) is 0. The molecule has 20 heavy (non-hydrogen) atoms. The number of hydrogen-bond acceptors (Lipinski definition) is 2. The Bertz CT molecular complexity index is 579. The summed E-state index contributed by atoms with van der Waals surface area (Å²) >= 11 is 0. The third-order valence-corrected chi connectivity index (χ3v) is 4.58. The van der Waals surface area contributed by atoms with E-state index in [1.165, 1.54) is 29.5 Å². The molecule has 1 aliphatic carbocycles. The minimum atomic E-state index is 0.585. The Morgan fingerprint density at radius 3 is 2.75 bits per heavy atom. The molecule has 0 fully saturated rings. The number of methoxy groups -OCH3 is 1. The Balaban J connectivity index is 1.83. The monoisotopic (exact) mass is 267 g/mol. The lowest BCUT2D eigenvalue weighted by molar-refractivity contribution is 0.381. The van der Waals surface area contributed by atoms with Crippen LogP contribution in [0.3, 0.4) is 0 Å². The summed E-state index contributed by atoms with van der Waals surface area (Å²) in [5.41, 5.74) is 4.35. The third kappa shape index (κ3) is 2.55. The van der Waals surface area contributed by atoms with E-state index in [2.05, 4.69) is 42.2 Å². The number of hydrogen-bond donors (Lipinski definition) is 0. The fourth-order valence-electron chi connectivity index (χ4n) is 3.30. The summed E-state index contributed by atoms with van der Waals surface area (Å²) in [6, 6.07) is 10.8. The summed E-state index contributed by atoms with van der Waals surface area (Å²) in [4.78, 5) is 4.10. The van der Waals surface area contributed by atoms with Crippen LogP contribution in [-0.2, 0) is 12.8 Å². The molecule has 0 spiro atoms. The van der Waals surface area contributed by atoms with Crippen molar-refractivity contribution in [3.63, 3.8) is 0 Å². The second-order valence-corrected chi connectivity index (χ2v) is 5.71. The van der Waals surface area contributed by atoms with E-state index < -0.39 is 0 Å². The standard InChI is InChI=1S/C18H21NO/c1-13-16(11-14-7-9-19-10-8-14)4-3-15-5-6-17(20-2)12-18(13)15/h5-10,12-13,16H,3-4,11H2,1-2H3/t13-,16+/m0/s1. The first-order chi connectivity index (χ1) is 9.78. The van der Waals surface area contributed by atoms with E-state index in [-0.39, 0.29) is 0 Å². The number of ether oxygens (including phenoxy) is 1. The number of aryl methyl sites for hydroxylation is 1. The zero-order valence-corrected chi connectivity index (χ0v) is 12.2. The van der Waals surface area contributed by atoms with Gasteiger partial charge in [0, 0.05) is 12.4 Å². The van der Waals surface area contributed by atoms with Crippen molar-refractivity contribution >= 4 is 0 Å². The number of rotatable bonds is 3. The highest BCUT2D eigenvalue weighted by molar-refractivity contribution is 5.40. The van der Waals surface area contributed by atoms with E-state index in [0.717, 1.165) is 12.2 Å². The molecule has 0 amide bonds. The van der Waals surface area contributed by atoms with Crippen molar-refractivity contribution in [1.29, 1.82) is 0 Å². The molecule has 2 atom stereocenters. The number of pyridine rings is 1. The van der Waals surface area contributed by atoms with Gasteiger partial charge in [-0.2, -0.15) is 0 Å². The molecule has 1 heterocycles. The van der Waals surface area contributed by atoms with E-state index in [1.54, 1.807) is 7.11 Å². The second kappa shape index (κ2) is 5.66. The minimum absolute atomic E-state index is 0.585. The van der Waals surface area contributed by atoms with Crippen molar-refractivity contribution < 1.29 is 4.74 Å². The zero-order valence-electron chi connectivity index (χ0n) is 12.2. The van der Waals surface area contributed by atoms with Crippen LogP contribution in [0.2, 0.25) is 0 Å². The molecule has 0 radical (unpaired) electrons. The van der Waals surface area contributed by atoms with Crippen LogP contribution in [0.1, 0.15) is 36.0 Å². The van der Waals surface area contributed by atoms with Gasteiger partial charge in [-0.1, -0.05) is 13.0 Å². The number of benzene rings is 1. The lowest BCUT2D eigenvalue weighted by Gasteiger charge is -2.31. The first kappa shape index (κ1) is 13.2. The van der Waals surface area contributed by atoms with Gasteiger partial charge in [0.15, 0.2) is 0 Å². The molecule has 2 heteroatoms. The van der Waals surface area contributed by atoms with E-state index in [0.29, 0.717) is 11.8 Å². The van der Waals surface area contributed by atoms with Crippen LogP contribution in [0.15, 0.2) is 42.7 Å². The van der Waals surface area contributed by atoms with Gasteiger partial charge in [-0.15, -0.1) is 0 Å². The lowest BCUT2D eigenvalue weighted by Crippen LogP contribution is -2.20. The molecular formula is C18H21NO. The van der Waals surface area contributed by atoms with Crippen molar-refractivity contribution in [3.05, 3.63) is 59.4 Å². The molecule has 104 valence electrons. The molecule has 1 aromatic carbocycles. The first-order valence-electron chi connectivity index (χ1n) is 7.33. The zero-order chi connectivity index (χ0) is 13.9. The van der Waals surface area contributed by atoms with Gasteiger partial charge < -0.3 is 4.74 Å². The molecule has 0 bridgehead atoms. The van der Waals surface area contributed by atoms with Crippen LogP contribution in [0.25, 0.3) is 0 Å². The predicted octanol–water partition coefficient (Wildman–Crippen LogP) is 4.00. The Hall–Kier alpha value is -1.83. The Morgan fingerprint density at radius 1 is 1.20 bits per heavy atom. The SMILES string of the molecule is COc1ccc2c(c1)[C@@H](C)[C@@H](Cc1ccncc1)CC2. The topological polar surface area (TPSA) is 22.1 Å². The Morgan fingerprint density at radius 2 is 2.00 bits per heavy atom. The van der Waals surface area contributed by atoms with Gasteiger partial charge in [0.1, 0.15) is 5.75 Å². The van der Waals surface area contributed by atoms with Gasteiger partial charge in [-0.25, -0.2) is 0 Å². The van der Waals surface area contributed by atoms with E-state index in [4.69, 9.17) is 4.74 Å². The van der Waals surface area contributed by atoms with Gasteiger partial charge >= 0.3 is 0 Å². The quantitative estimate of drug-likeness (QED) is 0.838. The summed E-state index contributed by atoms with van der Waals surface area (Å²) in [6.45, 7) is 2.35. The number of nitrogens with zero attached hydrogens (tertiary/aromatic N) is 1. The second-order valence-electron chi connectivity index (χ2n) is 5.71. The molecule has 2 nitrogen and oxygen atoms in total. The highest BCUT2D eigenvalue weighted by atomic mass is 16.5. The van der Waals surface area contributed by atoms with E-state index in [1.807, 2.05) is 12.4 Å². The number of fused-ring (bicyclic) bond motifs is 1. The molecule has 1 aromatic heterocycles. The van der Waals surface area contributed by atoms with Crippen LogP contribution >= 0.6 is 0 Å². The highest BCUT2D eigenvalue weighted by Gasteiger charge is 2.26. The van der Waals surface area contributed by atoms with Crippen LogP contribution in [-0.4, -0.2) is 12.1 Å². The largest absolute Gasteiger partial charge is 0.497 e. The highest BCUT2D eigenvalue weighted by Crippen LogP contribution is 2.39. The molecule has 1 aliphatic rings. The van der Waals surface area contributed by atoms with Crippen molar-refractivity contribution in [2.24, 2.45) is 5.92 Å². The summed E-state index contributed by atoms with van der Waals surface area (Å²) < 4.78 is 5.37. The van der Waals surface area contributed by atoms with Crippen LogP contribution in [0.4, 0.5) is 0 Å². The molecule has 2 aromatic rings. The van der Waals surface area contributed by atoms with Gasteiger partial charge in [-0.05, 0) is 72.1 Å². The van der Waals surface area contributed by atoms with E-state index >= 15 is 0 Å². The Labute approximate surface area is 120 Å². The molecule has 0 saturated heterocycles. The van der Waals surface area contributed by atoms with Crippen molar-refractivity contribution in [1.82, 2.24) is 4.98 Å². The molecule has 3 rings (SSSR count). The minimum Gasteiger partial charge on any atom is -0.497 e. The average molecular weight is 267 g/mol. The van der Waals surface area contributed by atoms with Gasteiger partial charge in [0.2, 0.25) is 0 Å². The molecular weight excluding hydrogens is 246 g/mol.